The van der Waals surface area contributed by atoms with Gasteiger partial charge in [-0.1, -0.05) is 36.8 Å². The van der Waals surface area contributed by atoms with Crippen LogP contribution in [-0.2, 0) is 6.54 Å². The molecule has 0 fully saturated rings. The van der Waals surface area contributed by atoms with Crippen LogP contribution in [0.15, 0.2) is 66.1 Å². The minimum Gasteiger partial charge on any atom is -0.337 e. The van der Waals surface area contributed by atoms with E-state index in [1.807, 2.05) is 53.2 Å². The second-order valence-corrected chi connectivity index (χ2v) is 10.5. The molecule has 0 bridgehead atoms. The normalized spacial score (nSPS) is 11.4. The number of aryl methyl sites for hydroxylation is 1. The predicted molar refractivity (Wildman–Crippen MR) is 131 cm³/mol. The summed E-state index contributed by atoms with van der Waals surface area (Å²) in [6, 6.07) is 13.4. The maximum Gasteiger partial charge on any atom is 0.260 e. The average Bonchev–Trinajstić information content (AvgIpc) is 3.40. The SMILES string of the molecule is CC(C)Sc1ccc(C(=O)N(CCCn2ccnc2)c2nc3ccc(Cl)cc3s2)cc1. The van der Waals surface area contributed by atoms with Gasteiger partial charge in [0.05, 0.1) is 16.5 Å². The first-order valence-electron chi connectivity index (χ1n) is 10.1. The van der Waals surface area contributed by atoms with Gasteiger partial charge in [-0.25, -0.2) is 9.97 Å². The van der Waals surface area contributed by atoms with Crippen LogP contribution in [0.4, 0.5) is 5.13 Å². The smallest absolute Gasteiger partial charge is 0.260 e. The zero-order chi connectivity index (χ0) is 21.8. The van der Waals surface area contributed by atoms with Gasteiger partial charge in [-0.3, -0.25) is 9.69 Å². The van der Waals surface area contributed by atoms with E-state index >= 15 is 0 Å². The highest BCUT2D eigenvalue weighted by molar-refractivity contribution is 7.99. The Morgan fingerprint density at radius 1 is 1.23 bits per heavy atom. The molecule has 0 atom stereocenters. The fraction of sp³-hybridized carbons (Fsp3) is 0.261. The largest absolute Gasteiger partial charge is 0.337 e. The highest BCUT2D eigenvalue weighted by atomic mass is 35.5. The number of rotatable bonds is 8. The number of imidazole rings is 1. The van der Waals surface area contributed by atoms with Crippen LogP contribution in [-0.4, -0.2) is 32.2 Å². The van der Waals surface area contributed by atoms with E-state index in [0.29, 0.717) is 27.5 Å². The number of hydrogen-bond donors (Lipinski definition) is 0. The van der Waals surface area contributed by atoms with E-state index in [9.17, 15) is 4.79 Å². The average molecular weight is 471 g/mol. The molecule has 31 heavy (non-hydrogen) atoms. The minimum absolute atomic E-state index is 0.0446. The minimum atomic E-state index is -0.0446. The maximum atomic E-state index is 13.5. The third kappa shape index (κ3) is 5.47. The molecule has 5 nitrogen and oxygen atoms in total. The lowest BCUT2D eigenvalue weighted by molar-refractivity contribution is 0.0986. The lowest BCUT2D eigenvalue weighted by atomic mass is 10.2. The van der Waals surface area contributed by atoms with E-state index < -0.39 is 0 Å². The molecule has 0 aliphatic carbocycles. The second-order valence-electron chi connectivity index (χ2n) is 7.41. The Kier molecular flexibility index (Phi) is 6.95. The molecule has 0 unspecified atom stereocenters. The Morgan fingerprint density at radius 2 is 2.03 bits per heavy atom. The third-order valence-electron chi connectivity index (χ3n) is 4.65. The quantitative estimate of drug-likeness (QED) is 0.280. The van der Waals surface area contributed by atoms with Crippen molar-refractivity contribution >= 4 is 56.0 Å². The van der Waals surface area contributed by atoms with E-state index in [1.54, 1.807) is 29.2 Å². The molecule has 1 amide bonds. The molecule has 2 aromatic carbocycles. The van der Waals surface area contributed by atoms with Crippen molar-refractivity contribution in [2.45, 2.75) is 37.0 Å². The Morgan fingerprint density at radius 3 is 2.74 bits per heavy atom. The van der Waals surface area contributed by atoms with E-state index in [1.165, 1.54) is 11.3 Å². The van der Waals surface area contributed by atoms with Gasteiger partial charge in [0.25, 0.3) is 5.91 Å². The van der Waals surface area contributed by atoms with E-state index in [4.69, 9.17) is 16.6 Å². The van der Waals surface area contributed by atoms with Crippen molar-refractivity contribution in [3.8, 4) is 0 Å². The summed E-state index contributed by atoms with van der Waals surface area (Å²) in [5.41, 5.74) is 1.51. The van der Waals surface area contributed by atoms with Gasteiger partial charge < -0.3 is 4.57 Å². The van der Waals surface area contributed by atoms with Crippen molar-refractivity contribution in [1.82, 2.24) is 14.5 Å². The lowest BCUT2D eigenvalue weighted by Gasteiger charge is -2.20. The van der Waals surface area contributed by atoms with Crippen LogP contribution in [0, 0.1) is 0 Å². The number of thioether (sulfide) groups is 1. The number of carbonyl (C=O) groups is 1. The van der Waals surface area contributed by atoms with Crippen LogP contribution in [0.2, 0.25) is 5.02 Å². The molecule has 4 aromatic rings. The number of anilines is 1. The van der Waals surface area contributed by atoms with Crippen LogP contribution in [0.1, 0.15) is 30.6 Å². The number of nitrogens with zero attached hydrogens (tertiary/aromatic N) is 4. The summed E-state index contributed by atoms with van der Waals surface area (Å²) < 4.78 is 2.98. The van der Waals surface area contributed by atoms with Gasteiger partial charge in [-0.15, -0.1) is 11.8 Å². The van der Waals surface area contributed by atoms with Crippen molar-refractivity contribution in [3.63, 3.8) is 0 Å². The molecule has 2 heterocycles. The topological polar surface area (TPSA) is 51.0 Å². The maximum absolute atomic E-state index is 13.5. The number of carbonyl (C=O) groups excluding carboxylic acids is 1. The standard InChI is InChI=1S/C23H23ClN4OS2/c1-16(2)30-19-7-4-17(5-8-19)22(29)28(12-3-11-27-13-10-25-15-27)23-26-20-9-6-18(24)14-21(20)31-23/h4-10,13-16H,3,11-12H2,1-2H3. The summed E-state index contributed by atoms with van der Waals surface area (Å²) in [4.78, 5) is 25.2. The van der Waals surface area contributed by atoms with Crippen molar-refractivity contribution in [2.75, 3.05) is 11.4 Å². The Hall–Kier alpha value is -2.35. The number of amides is 1. The molecule has 4 rings (SSSR count). The van der Waals surface area contributed by atoms with Crippen LogP contribution < -0.4 is 4.90 Å². The van der Waals surface area contributed by atoms with Crippen molar-refractivity contribution < 1.29 is 4.79 Å². The monoisotopic (exact) mass is 470 g/mol. The van der Waals surface area contributed by atoms with Crippen LogP contribution in [0.25, 0.3) is 10.2 Å². The van der Waals surface area contributed by atoms with Crippen LogP contribution in [0.3, 0.4) is 0 Å². The van der Waals surface area contributed by atoms with Gasteiger partial charge in [-0.2, -0.15) is 0 Å². The predicted octanol–water partition coefficient (Wildman–Crippen LogP) is 6.38. The number of fused-ring (bicyclic) bond motifs is 1. The molecule has 8 heteroatoms. The Labute approximate surface area is 195 Å². The molecule has 0 spiro atoms. The first kappa shape index (κ1) is 21.9. The van der Waals surface area contributed by atoms with Gasteiger partial charge in [0.2, 0.25) is 0 Å². The molecule has 160 valence electrons. The number of hydrogen-bond acceptors (Lipinski definition) is 5. The summed E-state index contributed by atoms with van der Waals surface area (Å²) in [5, 5.41) is 1.85. The van der Waals surface area contributed by atoms with E-state index in [-0.39, 0.29) is 5.91 Å². The van der Waals surface area contributed by atoms with Gasteiger partial charge in [0, 0.05) is 46.2 Å². The highest BCUT2D eigenvalue weighted by Gasteiger charge is 2.21. The van der Waals surface area contributed by atoms with Crippen LogP contribution in [0.5, 0.6) is 0 Å². The zero-order valence-corrected chi connectivity index (χ0v) is 19.8. The molecular weight excluding hydrogens is 448 g/mol. The Balaban J connectivity index is 1.59. The van der Waals surface area contributed by atoms with Gasteiger partial charge >= 0.3 is 0 Å². The summed E-state index contributed by atoms with van der Waals surface area (Å²) in [6.07, 6.45) is 6.27. The molecule has 0 N–H and O–H groups in total. The van der Waals surface area contributed by atoms with E-state index in [0.717, 1.165) is 28.1 Å². The van der Waals surface area contributed by atoms with Gasteiger partial charge in [-0.05, 0) is 48.9 Å². The highest BCUT2D eigenvalue weighted by Crippen LogP contribution is 2.32. The first-order chi connectivity index (χ1) is 15.0. The molecule has 0 saturated carbocycles. The number of halogens is 1. The number of thiazole rings is 1. The van der Waals surface area contributed by atoms with Gasteiger partial charge in [0.15, 0.2) is 5.13 Å². The Bertz CT molecular complexity index is 1160. The summed E-state index contributed by atoms with van der Waals surface area (Å²) >= 11 is 9.42. The summed E-state index contributed by atoms with van der Waals surface area (Å²) in [6.45, 7) is 5.66. The summed E-state index contributed by atoms with van der Waals surface area (Å²) in [7, 11) is 0. The van der Waals surface area contributed by atoms with Crippen molar-refractivity contribution in [1.29, 1.82) is 0 Å². The van der Waals surface area contributed by atoms with Gasteiger partial charge in [0.1, 0.15) is 0 Å². The van der Waals surface area contributed by atoms with Crippen molar-refractivity contribution in [2.24, 2.45) is 0 Å². The molecule has 2 aromatic heterocycles. The lowest BCUT2D eigenvalue weighted by Crippen LogP contribution is -2.32. The second kappa shape index (κ2) is 9.85. The summed E-state index contributed by atoms with van der Waals surface area (Å²) in [5.74, 6) is -0.0446. The number of benzene rings is 2. The number of aromatic nitrogens is 3. The molecule has 0 saturated heterocycles. The fourth-order valence-corrected chi connectivity index (χ4v) is 5.32. The van der Waals surface area contributed by atoms with Crippen molar-refractivity contribution in [3.05, 3.63) is 71.8 Å². The third-order valence-corrected chi connectivity index (χ3v) is 6.94. The molecule has 0 aliphatic rings. The molecular formula is C23H23ClN4OS2. The molecule has 0 radical (unpaired) electrons. The zero-order valence-electron chi connectivity index (χ0n) is 17.4. The first-order valence-corrected chi connectivity index (χ1v) is 12.2. The van der Waals surface area contributed by atoms with E-state index in [2.05, 4.69) is 18.8 Å². The van der Waals surface area contributed by atoms with Crippen LogP contribution >= 0.6 is 34.7 Å². The molecule has 0 aliphatic heterocycles. The fourth-order valence-electron chi connectivity index (χ4n) is 3.22.